The standard InChI is InChI=1S/C16H33NO2.Na.H/c1-3-5-6-7-8-9-10-11-12-13-15-17-19-16(18)14-4-2;;/h17H,3-15H2,1-2H3;;. The van der Waals surface area contributed by atoms with Crippen molar-refractivity contribution >= 4 is 35.5 Å². The van der Waals surface area contributed by atoms with Gasteiger partial charge < -0.3 is 4.84 Å². The van der Waals surface area contributed by atoms with Crippen LogP contribution in [-0.4, -0.2) is 42.1 Å². The van der Waals surface area contributed by atoms with Gasteiger partial charge in [0.25, 0.3) is 0 Å². The summed E-state index contributed by atoms with van der Waals surface area (Å²) in [5, 5.41) is 0. The molecule has 0 aromatic carbocycles. The van der Waals surface area contributed by atoms with Crippen molar-refractivity contribution < 1.29 is 9.63 Å². The van der Waals surface area contributed by atoms with Crippen LogP contribution >= 0.6 is 0 Å². The molecule has 0 spiro atoms. The fourth-order valence-corrected chi connectivity index (χ4v) is 2.07. The van der Waals surface area contributed by atoms with Gasteiger partial charge in [-0.15, -0.1) is 0 Å². The van der Waals surface area contributed by atoms with Crippen LogP contribution in [0.15, 0.2) is 0 Å². The molecule has 0 radical (unpaired) electrons. The molecule has 0 aliphatic carbocycles. The van der Waals surface area contributed by atoms with Crippen molar-refractivity contribution in [3.8, 4) is 0 Å². The maximum atomic E-state index is 11.0. The fraction of sp³-hybridized carbons (Fsp3) is 0.938. The van der Waals surface area contributed by atoms with Gasteiger partial charge in [-0.3, -0.25) is 4.79 Å². The second-order valence-corrected chi connectivity index (χ2v) is 5.30. The van der Waals surface area contributed by atoms with Crippen LogP contribution < -0.4 is 5.48 Å². The van der Waals surface area contributed by atoms with Gasteiger partial charge in [-0.1, -0.05) is 71.6 Å². The van der Waals surface area contributed by atoms with Crippen molar-refractivity contribution in [2.24, 2.45) is 0 Å². The summed E-state index contributed by atoms with van der Waals surface area (Å²) in [6.07, 6.45) is 14.6. The summed E-state index contributed by atoms with van der Waals surface area (Å²) in [4.78, 5) is 15.9. The van der Waals surface area contributed by atoms with Crippen molar-refractivity contribution in [3.63, 3.8) is 0 Å². The Morgan fingerprint density at radius 3 is 1.80 bits per heavy atom. The number of unbranched alkanes of at least 4 members (excludes halogenated alkanes) is 9. The number of nitrogens with one attached hydrogen (secondary N) is 1. The molecule has 0 rings (SSSR count). The van der Waals surface area contributed by atoms with Crippen LogP contribution in [0.1, 0.15) is 90.9 Å². The molecular weight excluding hydrogens is 261 g/mol. The molecule has 0 fully saturated rings. The summed E-state index contributed by atoms with van der Waals surface area (Å²) in [5.74, 6) is -0.144. The number of hydrogen-bond donors (Lipinski definition) is 1. The Morgan fingerprint density at radius 2 is 1.30 bits per heavy atom. The molecule has 0 aliphatic rings. The topological polar surface area (TPSA) is 38.3 Å². The molecule has 0 unspecified atom stereocenters. The van der Waals surface area contributed by atoms with Gasteiger partial charge in [0, 0.05) is 13.0 Å². The van der Waals surface area contributed by atoms with E-state index < -0.39 is 0 Å². The summed E-state index contributed by atoms with van der Waals surface area (Å²) in [6.45, 7) is 5.02. The number of carbonyl (C=O) groups excluding carboxylic acids is 1. The first kappa shape index (κ1) is 22.7. The Hall–Kier alpha value is 0.430. The van der Waals surface area contributed by atoms with Crippen LogP contribution in [-0.2, 0) is 9.63 Å². The van der Waals surface area contributed by atoms with E-state index in [0.29, 0.717) is 6.42 Å². The zero-order chi connectivity index (χ0) is 14.2. The Balaban J connectivity index is 0. The number of hydrogen-bond acceptors (Lipinski definition) is 3. The molecule has 4 heteroatoms. The average Bonchev–Trinajstić information content (AvgIpc) is 2.40. The minimum atomic E-state index is -0.144. The zero-order valence-corrected chi connectivity index (χ0v) is 13.0. The molecule has 0 atom stereocenters. The fourth-order valence-electron chi connectivity index (χ4n) is 2.07. The molecule has 0 aliphatic heterocycles. The van der Waals surface area contributed by atoms with E-state index in [0.717, 1.165) is 19.4 Å². The summed E-state index contributed by atoms with van der Waals surface area (Å²) >= 11 is 0. The first-order chi connectivity index (χ1) is 9.31. The van der Waals surface area contributed by atoms with Crippen LogP contribution in [0.4, 0.5) is 0 Å². The van der Waals surface area contributed by atoms with Gasteiger partial charge in [0.15, 0.2) is 0 Å². The molecule has 0 heterocycles. The van der Waals surface area contributed by atoms with E-state index in [4.69, 9.17) is 4.84 Å². The van der Waals surface area contributed by atoms with Gasteiger partial charge in [-0.05, 0) is 12.8 Å². The van der Waals surface area contributed by atoms with Gasteiger partial charge in [-0.25, -0.2) is 0 Å². The Kier molecular flexibility index (Phi) is 22.1. The average molecular weight is 295 g/mol. The SMILES string of the molecule is CCCCCCCCCCCCNOC(=O)CCC.[NaH]. The van der Waals surface area contributed by atoms with E-state index in [1.54, 1.807) is 0 Å². The van der Waals surface area contributed by atoms with E-state index in [1.807, 2.05) is 6.92 Å². The number of carbonyl (C=O) groups is 1. The van der Waals surface area contributed by atoms with E-state index >= 15 is 0 Å². The van der Waals surface area contributed by atoms with Crippen LogP contribution in [0.25, 0.3) is 0 Å². The monoisotopic (exact) mass is 295 g/mol. The van der Waals surface area contributed by atoms with E-state index in [2.05, 4.69) is 12.4 Å². The van der Waals surface area contributed by atoms with E-state index in [1.165, 1.54) is 57.8 Å². The number of hydroxylamine groups is 1. The van der Waals surface area contributed by atoms with Gasteiger partial charge in [0.1, 0.15) is 0 Å². The molecule has 1 N–H and O–H groups in total. The van der Waals surface area contributed by atoms with Gasteiger partial charge in [0.05, 0.1) is 0 Å². The van der Waals surface area contributed by atoms with Crippen molar-refractivity contribution in [2.75, 3.05) is 6.54 Å². The summed E-state index contributed by atoms with van der Waals surface area (Å²) in [7, 11) is 0. The molecule has 0 saturated heterocycles. The molecule has 3 nitrogen and oxygen atoms in total. The Labute approximate surface area is 147 Å². The third-order valence-electron chi connectivity index (χ3n) is 3.27. The third kappa shape index (κ3) is 18.4. The first-order valence-corrected chi connectivity index (χ1v) is 8.23. The first-order valence-electron chi connectivity index (χ1n) is 8.23. The van der Waals surface area contributed by atoms with Gasteiger partial charge >= 0.3 is 35.5 Å². The van der Waals surface area contributed by atoms with Crippen molar-refractivity contribution in [1.82, 2.24) is 5.48 Å². The summed E-state index contributed by atoms with van der Waals surface area (Å²) in [5.41, 5.74) is 2.75. The predicted molar refractivity (Wildman–Crippen MR) is 88.0 cm³/mol. The molecule has 0 aromatic rings. The summed E-state index contributed by atoms with van der Waals surface area (Å²) < 4.78 is 0. The Morgan fingerprint density at radius 1 is 0.800 bits per heavy atom. The maximum absolute atomic E-state index is 11.0. The van der Waals surface area contributed by atoms with E-state index in [9.17, 15) is 4.79 Å². The van der Waals surface area contributed by atoms with Gasteiger partial charge in [0.2, 0.25) is 0 Å². The van der Waals surface area contributed by atoms with Crippen LogP contribution in [0.3, 0.4) is 0 Å². The predicted octanol–water partition coefficient (Wildman–Crippen LogP) is 4.11. The molecule has 0 bridgehead atoms. The summed E-state index contributed by atoms with van der Waals surface area (Å²) in [6, 6.07) is 0. The minimum absolute atomic E-state index is 0. The van der Waals surface area contributed by atoms with Crippen molar-refractivity contribution in [3.05, 3.63) is 0 Å². The number of rotatable bonds is 14. The van der Waals surface area contributed by atoms with Gasteiger partial charge in [-0.2, -0.15) is 5.48 Å². The van der Waals surface area contributed by atoms with E-state index in [-0.39, 0.29) is 35.5 Å². The van der Waals surface area contributed by atoms with Crippen LogP contribution in [0.2, 0.25) is 0 Å². The third-order valence-corrected chi connectivity index (χ3v) is 3.27. The molecule has 0 amide bonds. The second kappa shape index (κ2) is 19.4. The normalized spacial score (nSPS) is 10.1. The molecule has 20 heavy (non-hydrogen) atoms. The van der Waals surface area contributed by atoms with Crippen molar-refractivity contribution in [2.45, 2.75) is 90.9 Å². The van der Waals surface area contributed by atoms with Crippen molar-refractivity contribution in [1.29, 1.82) is 0 Å². The zero-order valence-electron chi connectivity index (χ0n) is 13.0. The molecule has 0 aromatic heterocycles. The second-order valence-electron chi connectivity index (χ2n) is 5.30. The molecule has 0 saturated carbocycles. The molecule has 116 valence electrons. The quantitative estimate of drug-likeness (QED) is 0.298. The molecular formula is C16H34NNaO2. The van der Waals surface area contributed by atoms with Crippen LogP contribution in [0, 0.1) is 0 Å². The van der Waals surface area contributed by atoms with Crippen LogP contribution in [0.5, 0.6) is 0 Å². The Bertz CT molecular complexity index is 201.